The molecule has 1 aromatic heterocycles. The molecule has 0 amide bonds. The highest BCUT2D eigenvalue weighted by Crippen LogP contribution is 2.22. The summed E-state index contributed by atoms with van der Waals surface area (Å²) in [5, 5.41) is 2.96. The number of halogens is 2. The van der Waals surface area contributed by atoms with E-state index in [2.05, 4.69) is 5.32 Å². The number of benzene rings is 1. The summed E-state index contributed by atoms with van der Waals surface area (Å²) >= 11 is 0. The average molecular weight is 237 g/mol. The van der Waals surface area contributed by atoms with Gasteiger partial charge in [-0.15, -0.1) is 0 Å². The molecule has 2 nitrogen and oxygen atoms in total. The molecule has 90 valence electrons. The van der Waals surface area contributed by atoms with Crippen LogP contribution in [0.25, 0.3) is 0 Å². The van der Waals surface area contributed by atoms with Gasteiger partial charge < -0.3 is 9.73 Å². The van der Waals surface area contributed by atoms with Crippen LogP contribution in [-0.2, 0) is 6.42 Å². The van der Waals surface area contributed by atoms with E-state index in [0.29, 0.717) is 12.0 Å². The summed E-state index contributed by atoms with van der Waals surface area (Å²) in [6.45, 7) is 0. The number of hydrogen-bond acceptors (Lipinski definition) is 2. The molecular weight excluding hydrogens is 224 g/mol. The van der Waals surface area contributed by atoms with E-state index in [4.69, 9.17) is 4.42 Å². The van der Waals surface area contributed by atoms with E-state index in [0.717, 1.165) is 11.8 Å². The Labute approximate surface area is 98.3 Å². The highest BCUT2D eigenvalue weighted by Gasteiger charge is 2.17. The van der Waals surface area contributed by atoms with E-state index >= 15 is 0 Å². The normalized spacial score (nSPS) is 12.6. The van der Waals surface area contributed by atoms with E-state index in [1.807, 2.05) is 6.07 Å². The molecule has 0 aliphatic carbocycles. The van der Waals surface area contributed by atoms with Gasteiger partial charge in [0.05, 0.1) is 6.26 Å². The Hall–Kier alpha value is -1.68. The van der Waals surface area contributed by atoms with Crippen LogP contribution < -0.4 is 5.32 Å². The maximum Gasteiger partial charge on any atom is 0.163 e. The Kier molecular flexibility index (Phi) is 3.54. The predicted molar refractivity (Wildman–Crippen MR) is 60.6 cm³/mol. The minimum atomic E-state index is -0.831. The van der Waals surface area contributed by atoms with Crippen molar-refractivity contribution in [2.75, 3.05) is 7.05 Å². The molecule has 1 heterocycles. The molecule has 1 atom stereocenters. The number of furan rings is 1. The zero-order chi connectivity index (χ0) is 12.3. The first kappa shape index (κ1) is 11.8. The van der Waals surface area contributed by atoms with Gasteiger partial charge in [0.1, 0.15) is 5.76 Å². The van der Waals surface area contributed by atoms with Crippen LogP contribution in [-0.4, -0.2) is 7.05 Å². The molecule has 0 aliphatic rings. The lowest BCUT2D eigenvalue weighted by molar-refractivity contribution is 0.441. The Morgan fingerprint density at radius 3 is 2.71 bits per heavy atom. The summed E-state index contributed by atoms with van der Waals surface area (Å²) in [5.41, 5.74) is 0.309. The summed E-state index contributed by atoms with van der Waals surface area (Å²) in [7, 11) is 1.71. The number of likely N-dealkylation sites (N-methyl/N-ethyl adjacent to an activating group) is 1. The molecule has 0 saturated carbocycles. The van der Waals surface area contributed by atoms with Gasteiger partial charge in [-0.05, 0) is 25.2 Å². The monoisotopic (exact) mass is 237 g/mol. The zero-order valence-corrected chi connectivity index (χ0v) is 9.41. The van der Waals surface area contributed by atoms with Crippen LogP contribution in [0.2, 0.25) is 0 Å². The zero-order valence-electron chi connectivity index (χ0n) is 9.41. The van der Waals surface area contributed by atoms with E-state index in [1.54, 1.807) is 25.4 Å². The van der Waals surface area contributed by atoms with Crippen LogP contribution in [0.5, 0.6) is 0 Å². The Bertz CT molecular complexity index is 482. The van der Waals surface area contributed by atoms with E-state index in [1.165, 1.54) is 6.07 Å². The lowest BCUT2D eigenvalue weighted by Gasteiger charge is -2.16. The molecule has 0 bridgehead atoms. The van der Waals surface area contributed by atoms with Crippen molar-refractivity contribution in [2.45, 2.75) is 12.5 Å². The van der Waals surface area contributed by atoms with Crippen LogP contribution in [0.3, 0.4) is 0 Å². The summed E-state index contributed by atoms with van der Waals surface area (Å²) in [6, 6.07) is 7.45. The van der Waals surface area contributed by atoms with Crippen LogP contribution in [0.15, 0.2) is 41.0 Å². The Morgan fingerprint density at radius 1 is 1.24 bits per heavy atom. The standard InChI is InChI=1S/C13H13F2NO/c1-16-12(8-9-4-3-7-17-9)10-5-2-6-11(14)13(10)15/h2-7,12,16H,8H2,1H3. The quantitative estimate of drug-likeness (QED) is 0.884. The van der Waals surface area contributed by atoms with Crippen molar-refractivity contribution in [3.05, 3.63) is 59.6 Å². The molecule has 2 aromatic rings. The summed E-state index contributed by atoms with van der Waals surface area (Å²) in [4.78, 5) is 0. The van der Waals surface area contributed by atoms with Gasteiger partial charge >= 0.3 is 0 Å². The fraction of sp³-hybridized carbons (Fsp3) is 0.231. The van der Waals surface area contributed by atoms with Gasteiger partial charge in [0.2, 0.25) is 0 Å². The van der Waals surface area contributed by atoms with Gasteiger partial charge in [0.25, 0.3) is 0 Å². The summed E-state index contributed by atoms with van der Waals surface area (Å²) in [6.07, 6.45) is 2.04. The molecule has 0 aliphatic heterocycles. The van der Waals surface area contributed by atoms with Crippen molar-refractivity contribution in [3.8, 4) is 0 Å². The van der Waals surface area contributed by atoms with Gasteiger partial charge in [-0.1, -0.05) is 12.1 Å². The lowest BCUT2D eigenvalue weighted by atomic mass is 10.0. The second-order valence-corrected chi connectivity index (χ2v) is 3.77. The Balaban J connectivity index is 2.26. The first-order chi connectivity index (χ1) is 8.22. The third-order valence-electron chi connectivity index (χ3n) is 2.69. The van der Waals surface area contributed by atoms with Gasteiger partial charge in [-0.2, -0.15) is 0 Å². The van der Waals surface area contributed by atoms with Gasteiger partial charge in [-0.25, -0.2) is 8.78 Å². The number of hydrogen-bond donors (Lipinski definition) is 1. The molecule has 17 heavy (non-hydrogen) atoms. The van der Waals surface area contributed by atoms with Gasteiger partial charge in [-0.3, -0.25) is 0 Å². The summed E-state index contributed by atoms with van der Waals surface area (Å²) < 4.78 is 32.0. The van der Waals surface area contributed by atoms with Crippen molar-refractivity contribution in [1.29, 1.82) is 0 Å². The average Bonchev–Trinajstić information content (AvgIpc) is 2.83. The highest BCUT2D eigenvalue weighted by molar-refractivity contribution is 5.23. The maximum atomic E-state index is 13.6. The molecule has 0 saturated heterocycles. The van der Waals surface area contributed by atoms with Crippen molar-refractivity contribution >= 4 is 0 Å². The Morgan fingerprint density at radius 2 is 2.06 bits per heavy atom. The van der Waals surface area contributed by atoms with Gasteiger partial charge in [0.15, 0.2) is 11.6 Å². The van der Waals surface area contributed by atoms with Crippen molar-refractivity contribution in [3.63, 3.8) is 0 Å². The molecule has 0 spiro atoms. The second kappa shape index (κ2) is 5.10. The molecule has 1 unspecified atom stereocenters. The smallest absolute Gasteiger partial charge is 0.163 e. The molecule has 0 radical (unpaired) electrons. The first-order valence-electron chi connectivity index (χ1n) is 5.36. The fourth-order valence-electron chi connectivity index (χ4n) is 1.79. The lowest BCUT2D eigenvalue weighted by Crippen LogP contribution is -2.20. The second-order valence-electron chi connectivity index (χ2n) is 3.77. The molecule has 1 N–H and O–H groups in total. The van der Waals surface area contributed by atoms with Crippen LogP contribution in [0.4, 0.5) is 8.78 Å². The third-order valence-corrected chi connectivity index (χ3v) is 2.69. The largest absolute Gasteiger partial charge is 0.469 e. The van der Waals surface area contributed by atoms with E-state index in [9.17, 15) is 8.78 Å². The first-order valence-corrected chi connectivity index (χ1v) is 5.36. The molecule has 1 aromatic carbocycles. The topological polar surface area (TPSA) is 25.2 Å². The number of nitrogens with one attached hydrogen (secondary N) is 1. The summed E-state index contributed by atoms with van der Waals surface area (Å²) in [5.74, 6) is -0.909. The van der Waals surface area contributed by atoms with Gasteiger partial charge in [0, 0.05) is 18.0 Å². The minimum absolute atomic E-state index is 0.308. The molecule has 4 heteroatoms. The third kappa shape index (κ3) is 2.53. The van der Waals surface area contributed by atoms with Crippen LogP contribution in [0, 0.1) is 11.6 Å². The van der Waals surface area contributed by atoms with Crippen molar-refractivity contribution in [2.24, 2.45) is 0 Å². The van der Waals surface area contributed by atoms with Crippen molar-refractivity contribution in [1.82, 2.24) is 5.32 Å². The molecule has 2 rings (SSSR count). The van der Waals surface area contributed by atoms with Crippen molar-refractivity contribution < 1.29 is 13.2 Å². The fourth-order valence-corrected chi connectivity index (χ4v) is 1.79. The predicted octanol–water partition coefficient (Wildman–Crippen LogP) is 3.06. The molecular formula is C13H13F2NO. The maximum absolute atomic E-state index is 13.6. The number of rotatable bonds is 4. The molecule has 0 fully saturated rings. The SMILES string of the molecule is CNC(Cc1ccco1)c1cccc(F)c1F. The minimum Gasteiger partial charge on any atom is -0.469 e. The van der Waals surface area contributed by atoms with E-state index in [-0.39, 0.29) is 6.04 Å². The van der Waals surface area contributed by atoms with Crippen LogP contribution >= 0.6 is 0 Å². The van der Waals surface area contributed by atoms with E-state index < -0.39 is 11.6 Å². The highest BCUT2D eigenvalue weighted by atomic mass is 19.2. The van der Waals surface area contributed by atoms with Crippen LogP contribution in [0.1, 0.15) is 17.4 Å².